The average molecular weight is 478 g/mol. The maximum Gasteiger partial charge on any atom is 0.0590 e. The van der Waals surface area contributed by atoms with Crippen molar-refractivity contribution in [1.82, 2.24) is 0 Å². The number of hydrogen-bond donors (Lipinski definition) is 1. The fraction of sp³-hybridized carbons (Fsp3) is 0. The van der Waals surface area contributed by atoms with Crippen molar-refractivity contribution < 1.29 is 0 Å². The van der Waals surface area contributed by atoms with E-state index in [0.29, 0.717) is 0 Å². The smallest absolute Gasteiger partial charge is 0.0590 e. The Balaban J connectivity index is 1.25. The molecule has 6 aromatic carbocycles. The van der Waals surface area contributed by atoms with Gasteiger partial charge in [-0.1, -0.05) is 103 Å². The van der Waals surface area contributed by atoms with Crippen LogP contribution in [0.25, 0.3) is 53.2 Å². The maximum absolute atomic E-state index is 3.69. The van der Waals surface area contributed by atoms with Crippen LogP contribution in [0.3, 0.4) is 0 Å². The molecule has 0 unspecified atom stereocenters. The molecule has 1 heterocycles. The second-order valence-electron chi connectivity index (χ2n) is 9.09. The van der Waals surface area contributed by atoms with Gasteiger partial charge in [0.05, 0.1) is 10.4 Å². The minimum Gasteiger partial charge on any atom is -0.354 e. The predicted octanol–water partition coefficient (Wildman–Crippen LogP) is 10.3. The summed E-state index contributed by atoms with van der Waals surface area (Å²) >= 11 is 1.85. The molecular formula is C34H23NS. The van der Waals surface area contributed by atoms with Crippen LogP contribution in [0.1, 0.15) is 0 Å². The largest absolute Gasteiger partial charge is 0.354 e. The molecule has 0 amide bonds. The Kier molecular flexibility index (Phi) is 5.04. The molecule has 0 fully saturated rings. The summed E-state index contributed by atoms with van der Waals surface area (Å²) in [4.78, 5) is 0. The molecule has 0 atom stereocenters. The van der Waals surface area contributed by atoms with Crippen LogP contribution in [-0.4, -0.2) is 0 Å². The van der Waals surface area contributed by atoms with E-state index < -0.39 is 0 Å². The molecule has 36 heavy (non-hydrogen) atoms. The van der Waals surface area contributed by atoms with Crippen LogP contribution in [0.5, 0.6) is 0 Å². The summed E-state index contributed by atoms with van der Waals surface area (Å²) in [5.41, 5.74) is 7.24. The van der Waals surface area contributed by atoms with E-state index in [1.165, 1.54) is 53.2 Å². The van der Waals surface area contributed by atoms with E-state index in [9.17, 15) is 0 Å². The minimum atomic E-state index is 1.09. The van der Waals surface area contributed by atoms with Crippen LogP contribution < -0.4 is 5.32 Å². The summed E-state index contributed by atoms with van der Waals surface area (Å²) in [5, 5.41) is 8.85. The van der Waals surface area contributed by atoms with Gasteiger partial charge in [-0.25, -0.2) is 0 Å². The zero-order valence-electron chi connectivity index (χ0n) is 19.6. The predicted molar refractivity (Wildman–Crippen MR) is 157 cm³/mol. The van der Waals surface area contributed by atoms with Crippen LogP contribution in [0.15, 0.2) is 133 Å². The first-order valence-corrected chi connectivity index (χ1v) is 13.0. The van der Waals surface area contributed by atoms with Crippen molar-refractivity contribution >= 4 is 53.7 Å². The number of nitrogens with one attached hydrogen (secondary N) is 1. The third-order valence-corrected chi connectivity index (χ3v) is 8.06. The molecule has 0 saturated heterocycles. The fourth-order valence-corrected chi connectivity index (χ4v) is 6.27. The van der Waals surface area contributed by atoms with Crippen LogP contribution >= 0.6 is 11.3 Å². The van der Waals surface area contributed by atoms with Gasteiger partial charge in [0.15, 0.2) is 0 Å². The van der Waals surface area contributed by atoms with Crippen LogP contribution in [0, 0.1) is 0 Å². The van der Waals surface area contributed by atoms with E-state index in [2.05, 4.69) is 139 Å². The molecule has 0 aliphatic carbocycles. The number of benzene rings is 6. The highest BCUT2D eigenvalue weighted by Crippen LogP contribution is 2.43. The van der Waals surface area contributed by atoms with Gasteiger partial charge in [-0.3, -0.25) is 0 Å². The number of rotatable bonds is 4. The van der Waals surface area contributed by atoms with E-state index in [1.807, 2.05) is 11.3 Å². The first-order valence-electron chi connectivity index (χ1n) is 12.2. The Morgan fingerprint density at radius 2 is 1.25 bits per heavy atom. The third-order valence-electron chi connectivity index (χ3n) is 6.85. The lowest BCUT2D eigenvalue weighted by Crippen LogP contribution is -1.90. The fourth-order valence-electron chi connectivity index (χ4n) is 5.07. The summed E-state index contributed by atoms with van der Waals surface area (Å²) in [6, 6.07) is 47.8. The van der Waals surface area contributed by atoms with Crippen molar-refractivity contribution in [3.8, 4) is 22.3 Å². The summed E-state index contributed by atoms with van der Waals surface area (Å²) in [6.07, 6.45) is 0. The van der Waals surface area contributed by atoms with Crippen molar-refractivity contribution in [2.45, 2.75) is 0 Å². The van der Waals surface area contributed by atoms with Gasteiger partial charge in [-0.05, 0) is 63.4 Å². The Labute approximate surface area is 214 Å². The zero-order valence-corrected chi connectivity index (χ0v) is 20.4. The molecule has 7 rings (SSSR count). The lowest BCUT2D eigenvalue weighted by Gasteiger charge is -2.10. The Morgan fingerprint density at radius 1 is 0.500 bits per heavy atom. The molecule has 0 aliphatic heterocycles. The first-order chi connectivity index (χ1) is 17.8. The molecule has 7 aromatic rings. The Hall–Kier alpha value is -4.40. The van der Waals surface area contributed by atoms with Gasteiger partial charge in [0, 0.05) is 21.2 Å². The van der Waals surface area contributed by atoms with Crippen molar-refractivity contribution in [1.29, 1.82) is 0 Å². The van der Waals surface area contributed by atoms with Gasteiger partial charge >= 0.3 is 0 Å². The topological polar surface area (TPSA) is 12.0 Å². The van der Waals surface area contributed by atoms with Crippen molar-refractivity contribution in [3.05, 3.63) is 133 Å². The summed E-state index contributed by atoms with van der Waals surface area (Å²) in [6.45, 7) is 0. The highest BCUT2D eigenvalue weighted by Gasteiger charge is 2.13. The van der Waals surface area contributed by atoms with Gasteiger partial charge in [0.25, 0.3) is 0 Å². The van der Waals surface area contributed by atoms with Crippen molar-refractivity contribution in [2.75, 3.05) is 5.32 Å². The molecule has 0 spiro atoms. The summed E-state index contributed by atoms with van der Waals surface area (Å²) in [7, 11) is 0. The average Bonchev–Trinajstić information content (AvgIpc) is 3.34. The molecule has 2 heteroatoms. The molecule has 1 N–H and O–H groups in total. The summed E-state index contributed by atoms with van der Waals surface area (Å²) in [5.74, 6) is 0. The molecule has 170 valence electrons. The molecule has 1 nitrogen and oxygen atoms in total. The molecule has 1 aromatic heterocycles. The van der Waals surface area contributed by atoms with Gasteiger partial charge in [0.1, 0.15) is 0 Å². The summed E-state index contributed by atoms with van der Waals surface area (Å²) < 4.78 is 2.60. The third kappa shape index (κ3) is 3.64. The second kappa shape index (κ2) is 8.67. The Bertz CT molecular complexity index is 1850. The van der Waals surface area contributed by atoms with Gasteiger partial charge in [-0.15, -0.1) is 11.3 Å². The van der Waals surface area contributed by atoms with Crippen LogP contribution in [-0.2, 0) is 0 Å². The van der Waals surface area contributed by atoms with E-state index in [-0.39, 0.29) is 0 Å². The van der Waals surface area contributed by atoms with E-state index in [4.69, 9.17) is 0 Å². The molecule has 0 saturated carbocycles. The lowest BCUT2D eigenvalue weighted by molar-refractivity contribution is 1.57. The maximum atomic E-state index is 3.69. The normalized spacial score (nSPS) is 11.3. The van der Waals surface area contributed by atoms with Gasteiger partial charge in [-0.2, -0.15) is 0 Å². The quantitative estimate of drug-likeness (QED) is 0.266. The Morgan fingerprint density at radius 3 is 2.11 bits per heavy atom. The number of hydrogen-bond acceptors (Lipinski definition) is 2. The first kappa shape index (κ1) is 20.9. The number of anilines is 2. The van der Waals surface area contributed by atoms with Crippen molar-refractivity contribution in [3.63, 3.8) is 0 Å². The van der Waals surface area contributed by atoms with Crippen LogP contribution in [0.4, 0.5) is 11.4 Å². The van der Waals surface area contributed by atoms with E-state index >= 15 is 0 Å². The molecule has 0 bridgehead atoms. The molecular weight excluding hydrogens is 454 g/mol. The number of fused-ring (bicyclic) bond motifs is 4. The minimum absolute atomic E-state index is 1.09. The van der Waals surface area contributed by atoms with E-state index in [1.54, 1.807) is 0 Å². The van der Waals surface area contributed by atoms with Gasteiger partial charge in [0.2, 0.25) is 0 Å². The zero-order chi connectivity index (χ0) is 23.9. The second-order valence-corrected chi connectivity index (χ2v) is 10.1. The van der Waals surface area contributed by atoms with Crippen molar-refractivity contribution in [2.24, 2.45) is 0 Å². The number of thiophene rings is 1. The van der Waals surface area contributed by atoms with Gasteiger partial charge < -0.3 is 5.32 Å². The monoisotopic (exact) mass is 477 g/mol. The molecule has 0 radical (unpaired) electrons. The van der Waals surface area contributed by atoms with Crippen LogP contribution in [0.2, 0.25) is 0 Å². The lowest BCUT2D eigenvalue weighted by atomic mass is 9.99. The highest BCUT2D eigenvalue weighted by molar-refractivity contribution is 7.26. The highest BCUT2D eigenvalue weighted by atomic mass is 32.1. The standard InChI is InChI=1S/C34H23NS/c1-2-9-25(10-3-1)29-12-7-15-32-33(29)30-13-6-14-31(34(30)36-32)35-28-20-18-24(19-21-28)27-17-16-23-8-4-5-11-26(23)22-27/h1-22,35H. The molecule has 0 aliphatic rings. The SMILES string of the molecule is c1ccc(-c2cccc3sc4c(Nc5ccc(-c6ccc7ccccc7c6)cc5)cccc4c23)cc1. The van der Waals surface area contributed by atoms with E-state index in [0.717, 1.165) is 11.4 Å².